The summed E-state index contributed by atoms with van der Waals surface area (Å²) in [6.45, 7) is 2.09. The molecule has 0 bridgehead atoms. The van der Waals surface area contributed by atoms with E-state index in [1.807, 2.05) is 30.3 Å². The third kappa shape index (κ3) is 5.34. The van der Waals surface area contributed by atoms with Crippen LogP contribution in [0.2, 0.25) is 0 Å². The highest BCUT2D eigenvalue weighted by Crippen LogP contribution is 2.46. The van der Waals surface area contributed by atoms with Gasteiger partial charge in [-0.05, 0) is 84.5 Å². The highest BCUT2D eigenvalue weighted by atomic mass is 19.1. The van der Waals surface area contributed by atoms with Gasteiger partial charge in [-0.15, -0.1) is 0 Å². The predicted octanol–water partition coefficient (Wildman–Crippen LogP) is 6.67. The van der Waals surface area contributed by atoms with Crippen LogP contribution in [0, 0.1) is 5.82 Å². The van der Waals surface area contributed by atoms with Crippen LogP contribution in [0.5, 0.6) is 0 Å². The quantitative estimate of drug-likeness (QED) is 0.190. The number of rotatable bonds is 9. The van der Waals surface area contributed by atoms with Crippen LogP contribution >= 0.6 is 0 Å². The number of carbonyl (C=O) groups is 2. The van der Waals surface area contributed by atoms with Gasteiger partial charge in [-0.1, -0.05) is 31.5 Å². The first-order valence-corrected chi connectivity index (χ1v) is 14.5. The maximum atomic E-state index is 13.7. The first-order valence-electron chi connectivity index (χ1n) is 14.5. The van der Waals surface area contributed by atoms with E-state index in [0.717, 1.165) is 29.5 Å². The van der Waals surface area contributed by atoms with Crippen LogP contribution in [0.1, 0.15) is 64.7 Å². The molecule has 1 fully saturated rings. The molecule has 0 radical (unpaired) electrons. The third-order valence-corrected chi connectivity index (χ3v) is 8.28. The summed E-state index contributed by atoms with van der Waals surface area (Å²) in [5, 5.41) is 13.5. The number of aliphatic hydroxyl groups is 1. The number of fused-ring (bicyclic) bond motifs is 1. The molecule has 0 saturated heterocycles. The van der Waals surface area contributed by atoms with E-state index < -0.39 is 11.5 Å². The molecule has 218 valence electrons. The van der Waals surface area contributed by atoms with Crippen molar-refractivity contribution in [3.63, 3.8) is 0 Å². The topological polar surface area (TPSA) is 105 Å². The minimum absolute atomic E-state index is 0.0488. The van der Waals surface area contributed by atoms with Crippen LogP contribution in [0.25, 0.3) is 33.4 Å². The Kier molecular flexibility index (Phi) is 7.62. The minimum atomic E-state index is -0.587. The largest absolute Gasteiger partial charge is 0.455 e. The number of hydrogen-bond donors (Lipinski definition) is 2. The normalized spacial score (nSPS) is 17.9. The van der Waals surface area contributed by atoms with Gasteiger partial charge in [-0.2, -0.15) is 0 Å². The molecule has 43 heavy (non-hydrogen) atoms. The molecule has 0 atom stereocenters. The monoisotopic (exact) mass is 577 g/mol. The summed E-state index contributed by atoms with van der Waals surface area (Å²) in [5.74, 6) is 0.215. The Hall–Kier alpha value is -4.69. The van der Waals surface area contributed by atoms with E-state index in [2.05, 4.69) is 22.2 Å². The summed E-state index contributed by atoms with van der Waals surface area (Å²) < 4.78 is 19.9. The van der Waals surface area contributed by atoms with Crippen molar-refractivity contribution in [1.82, 2.24) is 15.3 Å². The van der Waals surface area contributed by atoms with E-state index in [4.69, 9.17) is 4.42 Å². The number of ketones is 1. The van der Waals surface area contributed by atoms with Gasteiger partial charge in [0.25, 0.3) is 5.91 Å². The molecule has 8 heteroatoms. The van der Waals surface area contributed by atoms with Crippen LogP contribution in [0.3, 0.4) is 0 Å². The number of Topliss-reactive ketones (excluding diaryl/α,β-unsaturated/α-hetero) is 1. The second-order valence-electron chi connectivity index (χ2n) is 11.2. The number of aryl methyl sites for hydroxylation is 1. The molecule has 1 saturated carbocycles. The Labute approximate surface area is 248 Å². The van der Waals surface area contributed by atoms with E-state index in [9.17, 15) is 19.1 Å². The molecule has 2 aromatic heterocycles. The van der Waals surface area contributed by atoms with Crippen molar-refractivity contribution in [3.05, 3.63) is 107 Å². The molecule has 5 aromatic rings. The van der Waals surface area contributed by atoms with Gasteiger partial charge in [0.2, 0.25) is 0 Å². The van der Waals surface area contributed by atoms with Crippen molar-refractivity contribution < 1.29 is 23.5 Å². The lowest BCUT2D eigenvalue weighted by molar-refractivity contribution is 0.0103. The number of nitrogens with zero attached hydrogens (tertiary/aromatic N) is 2. The third-order valence-electron chi connectivity index (χ3n) is 8.28. The van der Waals surface area contributed by atoms with Crippen LogP contribution in [-0.4, -0.2) is 39.9 Å². The van der Waals surface area contributed by atoms with E-state index in [1.165, 1.54) is 12.1 Å². The zero-order chi connectivity index (χ0) is 30.1. The average Bonchev–Trinajstić information content (AvgIpc) is 3.38. The Bertz CT molecular complexity index is 1810. The number of hydrogen-bond acceptors (Lipinski definition) is 6. The molecule has 6 rings (SSSR count). The second kappa shape index (κ2) is 11.5. The van der Waals surface area contributed by atoms with Crippen molar-refractivity contribution in [2.45, 2.75) is 50.5 Å². The van der Waals surface area contributed by atoms with Gasteiger partial charge in [0, 0.05) is 47.8 Å². The lowest BCUT2D eigenvalue weighted by Crippen LogP contribution is -2.47. The Balaban J connectivity index is 1.42. The standard InChI is InChI=1S/C35H32FN3O4/c1-3-6-22-16-30-28(31(33(42)37-2)32(43-30)21-9-11-25(36)12-10-21)17-27(22)23-7-4-8-24(15-23)29(41)20-35(18-26(40)19-35)34-38-13-5-14-39-34/h4-5,7-17,26,40H,3,6,18-20H2,1-2H3,(H,37,42). The fourth-order valence-electron chi connectivity index (χ4n) is 6.18. The zero-order valence-corrected chi connectivity index (χ0v) is 24.1. The summed E-state index contributed by atoms with van der Waals surface area (Å²) in [5.41, 5.74) is 4.28. The van der Waals surface area contributed by atoms with Crippen molar-refractivity contribution in [1.29, 1.82) is 0 Å². The maximum Gasteiger partial charge on any atom is 0.255 e. The average molecular weight is 578 g/mol. The molecule has 1 amide bonds. The number of amides is 1. The summed E-state index contributed by atoms with van der Waals surface area (Å²) in [6.07, 6.45) is 5.57. The van der Waals surface area contributed by atoms with Gasteiger partial charge in [-0.25, -0.2) is 14.4 Å². The Morgan fingerprint density at radius 1 is 1.02 bits per heavy atom. The molecular weight excluding hydrogens is 545 g/mol. The number of nitrogens with one attached hydrogen (secondary N) is 1. The van der Waals surface area contributed by atoms with Crippen LogP contribution < -0.4 is 5.32 Å². The SMILES string of the molecule is CCCc1cc2oc(-c3ccc(F)cc3)c(C(=O)NC)c2cc1-c1cccc(C(=O)CC2(c3ncccn3)CC(O)C2)c1. The Morgan fingerprint density at radius 2 is 1.77 bits per heavy atom. The molecule has 7 nitrogen and oxygen atoms in total. The number of halogens is 1. The van der Waals surface area contributed by atoms with E-state index in [1.54, 1.807) is 43.7 Å². The first kappa shape index (κ1) is 28.4. The lowest BCUT2D eigenvalue weighted by Gasteiger charge is -2.43. The van der Waals surface area contributed by atoms with Gasteiger partial charge >= 0.3 is 0 Å². The summed E-state index contributed by atoms with van der Waals surface area (Å²) >= 11 is 0. The van der Waals surface area contributed by atoms with Crippen LogP contribution in [-0.2, 0) is 11.8 Å². The van der Waals surface area contributed by atoms with Gasteiger partial charge in [0.1, 0.15) is 23.0 Å². The van der Waals surface area contributed by atoms with E-state index >= 15 is 0 Å². The van der Waals surface area contributed by atoms with Crippen LogP contribution in [0.4, 0.5) is 4.39 Å². The van der Waals surface area contributed by atoms with E-state index in [0.29, 0.717) is 52.1 Å². The smallest absolute Gasteiger partial charge is 0.255 e. The number of aliphatic hydroxyl groups excluding tert-OH is 1. The Morgan fingerprint density at radius 3 is 2.44 bits per heavy atom. The second-order valence-corrected chi connectivity index (χ2v) is 11.2. The zero-order valence-electron chi connectivity index (χ0n) is 24.1. The maximum absolute atomic E-state index is 13.7. The van der Waals surface area contributed by atoms with Gasteiger partial charge < -0.3 is 14.8 Å². The summed E-state index contributed by atoms with van der Waals surface area (Å²) in [7, 11) is 1.56. The molecular formula is C35H32FN3O4. The highest BCUT2D eigenvalue weighted by molar-refractivity contribution is 6.12. The van der Waals surface area contributed by atoms with Crippen molar-refractivity contribution in [2.24, 2.45) is 0 Å². The molecule has 0 spiro atoms. The van der Waals surface area contributed by atoms with Gasteiger partial charge in [0.15, 0.2) is 5.78 Å². The summed E-state index contributed by atoms with van der Waals surface area (Å²) in [6, 6.07) is 19.0. The van der Waals surface area contributed by atoms with Crippen molar-refractivity contribution in [2.75, 3.05) is 7.05 Å². The van der Waals surface area contributed by atoms with Crippen LogP contribution in [0.15, 0.2) is 83.5 Å². The molecule has 1 aliphatic carbocycles. The van der Waals surface area contributed by atoms with Crippen molar-refractivity contribution >= 4 is 22.7 Å². The predicted molar refractivity (Wildman–Crippen MR) is 162 cm³/mol. The van der Waals surface area contributed by atoms with Gasteiger partial charge in [-0.3, -0.25) is 9.59 Å². The first-order chi connectivity index (χ1) is 20.8. The molecule has 0 aliphatic heterocycles. The number of carbonyl (C=O) groups excluding carboxylic acids is 2. The lowest BCUT2D eigenvalue weighted by atomic mass is 9.63. The van der Waals surface area contributed by atoms with E-state index in [-0.39, 0.29) is 23.9 Å². The molecule has 2 N–H and O–H groups in total. The fraction of sp³-hybridized carbons (Fsp3) is 0.257. The molecule has 2 heterocycles. The minimum Gasteiger partial charge on any atom is -0.455 e. The van der Waals surface area contributed by atoms with Gasteiger partial charge in [0.05, 0.1) is 11.7 Å². The molecule has 0 unspecified atom stereocenters. The molecule has 1 aliphatic rings. The van der Waals surface area contributed by atoms with Crippen molar-refractivity contribution in [3.8, 4) is 22.5 Å². The summed E-state index contributed by atoms with van der Waals surface area (Å²) in [4.78, 5) is 35.6. The number of furan rings is 1. The number of aromatic nitrogens is 2. The fourth-order valence-corrected chi connectivity index (χ4v) is 6.18. The molecule has 3 aromatic carbocycles. The highest BCUT2D eigenvalue weighted by Gasteiger charge is 2.48. The number of benzene rings is 3.